The van der Waals surface area contributed by atoms with Gasteiger partial charge in [0.25, 0.3) is 17.4 Å². The maximum absolute atomic E-state index is 13.5. The SMILES string of the molecule is CCOC(=O)CN1C(=O)c2c3c(c(O)c(=O)n2C1C)C(=O)N(Cc1ccc(F)c(Cl)c1)CC3. The fraction of sp³-hybridized carbons (Fsp3) is 0.364. The average Bonchev–Trinajstić information content (AvgIpc) is 3.01. The predicted molar refractivity (Wildman–Crippen MR) is 115 cm³/mol. The van der Waals surface area contributed by atoms with Crippen molar-refractivity contribution >= 4 is 29.4 Å². The number of hydrogen-bond donors (Lipinski definition) is 1. The molecule has 0 aliphatic carbocycles. The zero-order valence-electron chi connectivity index (χ0n) is 17.9. The summed E-state index contributed by atoms with van der Waals surface area (Å²) in [6.45, 7) is 3.24. The maximum Gasteiger partial charge on any atom is 0.325 e. The number of halogens is 2. The van der Waals surface area contributed by atoms with Gasteiger partial charge in [-0.15, -0.1) is 0 Å². The summed E-state index contributed by atoms with van der Waals surface area (Å²) < 4.78 is 19.5. The second-order valence-corrected chi connectivity index (χ2v) is 8.23. The Bertz CT molecular complexity index is 1240. The van der Waals surface area contributed by atoms with Crippen molar-refractivity contribution in [2.24, 2.45) is 0 Å². The summed E-state index contributed by atoms with van der Waals surface area (Å²) in [7, 11) is 0. The molecule has 0 radical (unpaired) electrons. The molecule has 2 aromatic rings. The number of esters is 1. The minimum atomic E-state index is -0.893. The molecule has 1 aromatic carbocycles. The van der Waals surface area contributed by atoms with Crippen molar-refractivity contribution in [3.63, 3.8) is 0 Å². The molecule has 2 aliphatic rings. The topological polar surface area (TPSA) is 109 Å². The molecular formula is C22H21ClFN3O6. The highest BCUT2D eigenvalue weighted by atomic mass is 35.5. The molecule has 0 bridgehead atoms. The number of carbonyl (C=O) groups excluding carboxylic acids is 3. The van der Waals surface area contributed by atoms with Gasteiger partial charge in [-0.25, -0.2) is 4.39 Å². The van der Waals surface area contributed by atoms with Crippen LogP contribution in [0.3, 0.4) is 0 Å². The van der Waals surface area contributed by atoms with Crippen molar-refractivity contribution in [1.82, 2.24) is 14.4 Å². The van der Waals surface area contributed by atoms with Crippen LogP contribution in [0.2, 0.25) is 5.02 Å². The van der Waals surface area contributed by atoms with Gasteiger partial charge in [0.15, 0.2) is 5.75 Å². The van der Waals surface area contributed by atoms with Gasteiger partial charge in [-0.2, -0.15) is 0 Å². The number of aromatic hydroxyl groups is 1. The first-order valence-corrected chi connectivity index (χ1v) is 10.7. The molecule has 11 heteroatoms. The molecule has 1 N–H and O–H groups in total. The maximum atomic E-state index is 13.5. The van der Waals surface area contributed by atoms with Gasteiger partial charge in [-0.1, -0.05) is 17.7 Å². The normalized spacial score (nSPS) is 17.3. The highest BCUT2D eigenvalue weighted by molar-refractivity contribution is 6.30. The molecule has 9 nitrogen and oxygen atoms in total. The van der Waals surface area contributed by atoms with Crippen LogP contribution in [0.1, 0.15) is 52.0 Å². The molecule has 1 aromatic heterocycles. The smallest absolute Gasteiger partial charge is 0.325 e. The van der Waals surface area contributed by atoms with E-state index in [0.29, 0.717) is 5.56 Å². The van der Waals surface area contributed by atoms with E-state index in [2.05, 4.69) is 0 Å². The van der Waals surface area contributed by atoms with Crippen molar-refractivity contribution in [3.05, 3.63) is 61.8 Å². The molecule has 3 heterocycles. The molecule has 2 amide bonds. The molecule has 174 valence electrons. The van der Waals surface area contributed by atoms with Gasteiger partial charge in [-0.3, -0.25) is 23.7 Å². The average molecular weight is 478 g/mol. The Morgan fingerprint density at radius 2 is 2.00 bits per heavy atom. The Morgan fingerprint density at radius 3 is 2.67 bits per heavy atom. The van der Waals surface area contributed by atoms with E-state index in [9.17, 15) is 28.7 Å². The van der Waals surface area contributed by atoms with E-state index in [1.165, 1.54) is 28.0 Å². The number of pyridine rings is 1. The fourth-order valence-electron chi connectivity index (χ4n) is 4.30. The van der Waals surface area contributed by atoms with Gasteiger partial charge < -0.3 is 19.6 Å². The summed E-state index contributed by atoms with van der Waals surface area (Å²) in [6.07, 6.45) is -0.639. The van der Waals surface area contributed by atoms with Gasteiger partial charge >= 0.3 is 5.97 Å². The molecule has 0 saturated heterocycles. The van der Waals surface area contributed by atoms with Crippen LogP contribution in [0.5, 0.6) is 5.75 Å². The summed E-state index contributed by atoms with van der Waals surface area (Å²) in [5.74, 6) is -3.18. The zero-order valence-corrected chi connectivity index (χ0v) is 18.7. The highest BCUT2D eigenvalue weighted by Crippen LogP contribution is 2.35. The van der Waals surface area contributed by atoms with Gasteiger partial charge in [-0.05, 0) is 38.0 Å². The quantitative estimate of drug-likeness (QED) is 0.660. The molecule has 0 fully saturated rings. The van der Waals surface area contributed by atoms with Crippen LogP contribution >= 0.6 is 11.6 Å². The second-order valence-electron chi connectivity index (χ2n) is 7.82. The third kappa shape index (κ3) is 3.74. The summed E-state index contributed by atoms with van der Waals surface area (Å²) >= 11 is 5.82. The van der Waals surface area contributed by atoms with Crippen molar-refractivity contribution in [3.8, 4) is 5.75 Å². The molecule has 0 saturated carbocycles. The first kappa shape index (κ1) is 22.8. The van der Waals surface area contributed by atoms with Crippen LogP contribution in [-0.4, -0.2) is 57.0 Å². The van der Waals surface area contributed by atoms with Crippen LogP contribution in [-0.2, 0) is 22.5 Å². The minimum Gasteiger partial charge on any atom is -0.502 e. The minimum absolute atomic E-state index is 0.0116. The van der Waals surface area contributed by atoms with E-state index < -0.39 is 41.1 Å². The Labute approximate surface area is 192 Å². The summed E-state index contributed by atoms with van der Waals surface area (Å²) in [5.41, 5.74) is -0.308. The summed E-state index contributed by atoms with van der Waals surface area (Å²) in [5, 5.41) is 10.5. The van der Waals surface area contributed by atoms with Crippen LogP contribution < -0.4 is 5.56 Å². The van der Waals surface area contributed by atoms with Crippen molar-refractivity contribution in [2.75, 3.05) is 19.7 Å². The van der Waals surface area contributed by atoms with E-state index in [1.807, 2.05) is 0 Å². The van der Waals surface area contributed by atoms with Gasteiger partial charge in [0.05, 0.1) is 17.2 Å². The first-order valence-electron chi connectivity index (χ1n) is 10.4. The van der Waals surface area contributed by atoms with Crippen LogP contribution in [0.25, 0.3) is 0 Å². The van der Waals surface area contributed by atoms with E-state index in [-0.39, 0.29) is 54.5 Å². The van der Waals surface area contributed by atoms with E-state index >= 15 is 0 Å². The summed E-state index contributed by atoms with van der Waals surface area (Å²) in [6, 6.07) is 4.07. The molecular weight excluding hydrogens is 457 g/mol. The number of amides is 2. The predicted octanol–water partition coefficient (Wildman–Crippen LogP) is 2.08. The highest BCUT2D eigenvalue weighted by Gasteiger charge is 2.43. The van der Waals surface area contributed by atoms with Crippen LogP contribution in [0.4, 0.5) is 4.39 Å². The summed E-state index contributed by atoms with van der Waals surface area (Å²) in [4.78, 5) is 53.8. The molecule has 33 heavy (non-hydrogen) atoms. The van der Waals surface area contributed by atoms with E-state index in [0.717, 1.165) is 4.57 Å². The van der Waals surface area contributed by atoms with Crippen LogP contribution in [0.15, 0.2) is 23.0 Å². The largest absolute Gasteiger partial charge is 0.502 e. The lowest BCUT2D eigenvalue weighted by Gasteiger charge is -2.30. The number of aromatic nitrogens is 1. The van der Waals surface area contributed by atoms with Gasteiger partial charge in [0.2, 0.25) is 0 Å². The first-order chi connectivity index (χ1) is 15.6. The monoisotopic (exact) mass is 477 g/mol. The van der Waals surface area contributed by atoms with Gasteiger partial charge in [0.1, 0.15) is 24.2 Å². The Kier molecular flexibility index (Phi) is 5.87. The lowest BCUT2D eigenvalue weighted by molar-refractivity contribution is -0.144. The third-order valence-electron chi connectivity index (χ3n) is 5.87. The van der Waals surface area contributed by atoms with E-state index in [4.69, 9.17) is 16.3 Å². The number of benzene rings is 1. The molecule has 2 aliphatic heterocycles. The second kappa shape index (κ2) is 8.51. The number of fused-ring (bicyclic) bond motifs is 3. The standard InChI is InChI=1S/C22H21ClFN3O6/c1-3-33-16(28)10-26-11(2)27-18(21(26)31)13-6-7-25(20(30)17(13)19(29)22(27)32)9-12-4-5-15(24)14(23)8-12/h4-5,8,11,29H,3,6-7,9-10H2,1-2H3. The zero-order chi connectivity index (χ0) is 24.0. The van der Waals surface area contributed by atoms with Crippen molar-refractivity contribution in [2.45, 2.75) is 33.0 Å². The number of ether oxygens (including phenoxy) is 1. The number of carbonyl (C=O) groups is 3. The van der Waals surface area contributed by atoms with E-state index in [1.54, 1.807) is 13.8 Å². The molecule has 4 rings (SSSR count). The third-order valence-corrected chi connectivity index (χ3v) is 6.16. The fourth-order valence-corrected chi connectivity index (χ4v) is 4.51. The van der Waals surface area contributed by atoms with Crippen molar-refractivity contribution in [1.29, 1.82) is 0 Å². The number of hydrogen-bond acceptors (Lipinski definition) is 6. The van der Waals surface area contributed by atoms with Crippen LogP contribution in [0, 0.1) is 5.82 Å². The lowest BCUT2D eigenvalue weighted by Crippen LogP contribution is -2.40. The molecule has 1 unspecified atom stereocenters. The molecule has 0 spiro atoms. The number of rotatable bonds is 5. The number of nitrogens with zero attached hydrogens (tertiary/aromatic N) is 3. The van der Waals surface area contributed by atoms with Gasteiger partial charge in [0, 0.05) is 18.7 Å². The lowest BCUT2D eigenvalue weighted by atomic mass is 9.95. The Morgan fingerprint density at radius 1 is 1.27 bits per heavy atom. The Balaban J connectivity index is 1.71. The molecule has 1 atom stereocenters. The van der Waals surface area contributed by atoms with Crippen molar-refractivity contribution < 1.29 is 28.6 Å². The Hall–Kier alpha value is -3.40.